The van der Waals surface area contributed by atoms with Crippen LogP contribution in [0.5, 0.6) is 0 Å². The molecule has 0 fully saturated rings. The average molecular weight is 174 g/mol. The van der Waals surface area contributed by atoms with Crippen LogP contribution in [0.4, 0.5) is 8.78 Å². The Labute approximate surface area is 67.2 Å². The monoisotopic (exact) mass is 174 g/mol. The smallest absolute Gasteiger partial charge is 0.264 e. The molecule has 0 aliphatic heterocycles. The highest BCUT2D eigenvalue weighted by molar-refractivity contribution is 5.23. The Morgan fingerprint density at radius 1 is 1.58 bits per heavy atom. The van der Waals surface area contributed by atoms with Gasteiger partial charge in [0.2, 0.25) is 5.56 Å². The van der Waals surface area contributed by atoms with Crippen molar-refractivity contribution in [1.29, 1.82) is 0 Å². The Bertz CT molecular complexity index is 321. The largest absolute Gasteiger partial charge is 0.329 e. The fourth-order valence-electron chi connectivity index (χ4n) is 0.897. The lowest BCUT2D eigenvalue weighted by molar-refractivity contribution is 0.150. The number of aromatic nitrogens is 1. The summed E-state index contributed by atoms with van der Waals surface area (Å²) in [7, 11) is 0. The van der Waals surface area contributed by atoms with Crippen LogP contribution in [0.2, 0.25) is 0 Å². The van der Waals surface area contributed by atoms with Gasteiger partial charge in [0.15, 0.2) is 0 Å². The zero-order chi connectivity index (χ0) is 9.14. The van der Waals surface area contributed by atoms with Crippen LogP contribution in [0.1, 0.15) is 17.6 Å². The maximum atomic E-state index is 12.2. The number of nitrogens with one attached hydrogen (secondary N) is 1. The summed E-state index contributed by atoms with van der Waals surface area (Å²) in [6.07, 6.45) is -1.44. The average Bonchev–Trinajstić information content (AvgIpc) is 2.04. The van der Waals surface area contributed by atoms with E-state index in [-0.39, 0.29) is 17.7 Å². The quantitative estimate of drug-likeness (QED) is 0.695. The van der Waals surface area contributed by atoms with E-state index in [1.807, 2.05) is 0 Å². The summed E-state index contributed by atoms with van der Waals surface area (Å²) in [4.78, 5) is 12.9. The molecule has 12 heavy (non-hydrogen) atoms. The van der Waals surface area contributed by atoms with E-state index in [2.05, 4.69) is 4.98 Å². The summed E-state index contributed by atoms with van der Waals surface area (Å²) >= 11 is 0. The van der Waals surface area contributed by atoms with Gasteiger partial charge >= 0.3 is 0 Å². The van der Waals surface area contributed by atoms with Crippen molar-refractivity contribution in [3.8, 4) is 0 Å². The van der Waals surface area contributed by atoms with E-state index in [1.165, 1.54) is 6.20 Å². The van der Waals surface area contributed by atoms with Gasteiger partial charge in [-0.15, -0.1) is 0 Å². The van der Waals surface area contributed by atoms with E-state index < -0.39 is 12.0 Å². The summed E-state index contributed by atoms with van der Waals surface area (Å²) in [5, 5.41) is 0. The standard InChI is InChI=1S/C7H8F2N2O/c8-7(9)5-1-6(12)11-3-4(5)2-10/h1,3,7H,2,10H2,(H,11,12). The Morgan fingerprint density at radius 3 is 2.75 bits per heavy atom. The van der Waals surface area contributed by atoms with Crippen LogP contribution in [-0.4, -0.2) is 4.98 Å². The third-order valence-corrected chi connectivity index (χ3v) is 1.50. The van der Waals surface area contributed by atoms with Crippen LogP contribution in [0, 0.1) is 0 Å². The summed E-state index contributed by atoms with van der Waals surface area (Å²) < 4.78 is 24.4. The number of halogens is 2. The minimum absolute atomic E-state index is 0.00352. The number of hydrogen-bond donors (Lipinski definition) is 2. The number of rotatable bonds is 2. The molecular weight excluding hydrogens is 166 g/mol. The predicted octanol–water partition coefficient (Wildman–Crippen LogP) is 0.771. The fraction of sp³-hybridized carbons (Fsp3) is 0.286. The zero-order valence-electron chi connectivity index (χ0n) is 6.18. The van der Waals surface area contributed by atoms with Crippen molar-refractivity contribution in [1.82, 2.24) is 4.98 Å². The second kappa shape index (κ2) is 3.44. The van der Waals surface area contributed by atoms with Gasteiger partial charge in [0.1, 0.15) is 0 Å². The summed E-state index contributed by atoms with van der Waals surface area (Å²) in [5.74, 6) is 0. The molecule has 0 radical (unpaired) electrons. The number of aromatic amines is 1. The molecule has 0 atom stereocenters. The third-order valence-electron chi connectivity index (χ3n) is 1.50. The first-order valence-corrected chi connectivity index (χ1v) is 3.35. The summed E-state index contributed by atoms with van der Waals surface area (Å²) in [5.41, 5.74) is 4.62. The van der Waals surface area contributed by atoms with Crippen LogP contribution < -0.4 is 11.3 Å². The molecule has 0 saturated heterocycles. The van der Waals surface area contributed by atoms with Gasteiger partial charge in [-0.3, -0.25) is 4.79 Å². The second-order valence-corrected chi connectivity index (χ2v) is 2.28. The maximum absolute atomic E-state index is 12.2. The van der Waals surface area contributed by atoms with E-state index in [1.54, 1.807) is 0 Å². The molecule has 1 aromatic heterocycles. The van der Waals surface area contributed by atoms with Crippen molar-refractivity contribution < 1.29 is 8.78 Å². The molecule has 0 unspecified atom stereocenters. The van der Waals surface area contributed by atoms with Gasteiger partial charge < -0.3 is 10.7 Å². The fourth-order valence-corrected chi connectivity index (χ4v) is 0.897. The molecule has 3 nitrogen and oxygen atoms in total. The molecule has 0 saturated carbocycles. The van der Waals surface area contributed by atoms with Gasteiger partial charge in [-0.05, 0) is 5.56 Å². The molecule has 0 aliphatic rings. The first-order chi connectivity index (χ1) is 5.65. The molecule has 0 bridgehead atoms. The van der Waals surface area contributed by atoms with Crippen molar-refractivity contribution in [2.45, 2.75) is 13.0 Å². The number of hydrogen-bond acceptors (Lipinski definition) is 2. The number of nitrogens with two attached hydrogens (primary N) is 1. The molecule has 0 aliphatic carbocycles. The van der Waals surface area contributed by atoms with Gasteiger partial charge in [-0.25, -0.2) is 8.78 Å². The SMILES string of the molecule is NCc1c[nH]c(=O)cc1C(F)F. The van der Waals surface area contributed by atoms with E-state index in [4.69, 9.17) is 5.73 Å². The maximum Gasteiger partial charge on any atom is 0.264 e. The number of H-pyrrole nitrogens is 1. The number of pyridine rings is 1. The third kappa shape index (κ3) is 1.68. The van der Waals surface area contributed by atoms with E-state index in [0.29, 0.717) is 0 Å². The lowest BCUT2D eigenvalue weighted by Gasteiger charge is -2.04. The summed E-state index contributed by atoms with van der Waals surface area (Å²) in [6, 6.07) is 0.868. The van der Waals surface area contributed by atoms with Crippen molar-refractivity contribution in [2.75, 3.05) is 0 Å². The zero-order valence-corrected chi connectivity index (χ0v) is 6.18. The Hall–Kier alpha value is -1.23. The number of alkyl halides is 2. The predicted molar refractivity (Wildman–Crippen MR) is 39.9 cm³/mol. The Balaban J connectivity index is 3.21. The second-order valence-electron chi connectivity index (χ2n) is 2.28. The molecule has 1 heterocycles. The lowest BCUT2D eigenvalue weighted by Crippen LogP contribution is -2.11. The molecule has 5 heteroatoms. The van der Waals surface area contributed by atoms with Crippen LogP contribution >= 0.6 is 0 Å². The first-order valence-electron chi connectivity index (χ1n) is 3.35. The molecule has 0 spiro atoms. The van der Waals surface area contributed by atoms with Gasteiger partial charge in [0.25, 0.3) is 6.43 Å². The van der Waals surface area contributed by atoms with Gasteiger partial charge in [0, 0.05) is 24.4 Å². The Morgan fingerprint density at radius 2 is 2.25 bits per heavy atom. The molecule has 0 aromatic carbocycles. The van der Waals surface area contributed by atoms with Crippen molar-refractivity contribution in [3.63, 3.8) is 0 Å². The lowest BCUT2D eigenvalue weighted by atomic mass is 10.1. The molecule has 66 valence electrons. The van der Waals surface area contributed by atoms with Gasteiger partial charge in [0.05, 0.1) is 0 Å². The molecule has 1 rings (SSSR count). The molecule has 1 aromatic rings. The molecular formula is C7H8F2N2O. The minimum Gasteiger partial charge on any atom is -0.329 e. The van der Waals surface area contributed by atoms with Crippen LogP contribution in [0.25, 0.3) is 0 Å². The van der Waals surface area contributed by atoms with Gasteiger partial charge in [-0.1, -0.05) is 0 Å². The summed E-state index contributed by atoms with van der Waals surface area (Å²) in [6.45, 7) is -0.00352. The van der Waals surface area contributed by atoms with Crippen molar-refractivity contribution >= 4 is 0 Å². The van der Waals surface area contributed by atoms with Crippen LogP contribution in [0.15, 0.2) is 17.1 Å². The van der Waals surface area contributed by atoms with Crippen molar-refractivity contribution in [3.05, 3.63) is 33.7 Å². The minimum atomic E-state index is -2.65. The van der Waals surface area contributed by atoms with Gasteiger partial charge in [-0.2, -0.15) is 0 Å². The molecule has 3 N–H and O–H groups in total. The van der Waals surface area contributed by atoms with E-state index in [0.717, 1.165) is 6.07 Å². The highest BCUT2D eigenvalue weighted by Gasteiger charge is 2.11. The first kappa shape index (κ1) is 8.86. The van der Waals surface area contributed by atoms with E-state index >= 15 is 0 Å². The van der Waals surface area contributed by atoms with Crippen molar-refractivity contribution in [2.24, 2.45) is 5.73 Å². The Kier molecular flexibility index (Phi) is 2.54. The molecule has 0 amide bonds. The topological polar surface area (TPSA) is 58.9 Å². The highest BCUT2D eigenvalue weighted by atomic mass is 19.3. The highest BCUT2D eigenvalue weighted by Crippen LogP contribution is 2.19. The van der Waals surface area contributed by atoms with Crippen LogP contribution in [0.3, 0.4) is 0 Å². The van der Waals surface area contributed by atoms with Crippen LogP contribution in [-0.2, 0) is 6.54 Å². The normalized spacial score (nSPS) is 10.7. The van der Waals surface area contributed by atoms with E-state index in [9.17, 15) is 13.6 Å².